The van der Waals surface area contributed by atoms with E-state index in [1.54, 1.807) is 24.3 Å². The summed E-state index contributed by atoms with van der Waals surface area (Å²) < 4.78 is 41.2. The van der Waals surface area contributed by atoms with Gasteiger partial charge in [0.25, 0.3) is 0 Å². The Bertz CT molecular complexity index is 369. The molecule has 0 radical (unpaired) electrons. The van der Waals surface area contributed by atoms with Gasteiger partial charge in [-0.3, -0.25) is 0 Å². The quantitative estimate of drug-likeness (QED) is 0.744. The number of halogens is 3. The Morgan fingerprint density at radius 1 is 1.29 bits per heavy atom. The van der Waals surface area contributed by atoms with Crippen LogP contribution in [0.3, 0.4) is 0 Å². The third-order valence-corrected chi connectivity index (χ3v) is 1.99. The van der Waals surface area contributed by atoms with Gasteiger partial charge in [0, 0.05) is 0 Å². The molecule has 1 rings (SSSR count). The van der Waals surface area contributed by atoms with Gasteiger partial charge in [-0.2, -0.15) is 13.2 Å². The molecular formula is C13H15F3O. The Balaban J connectivity index is 2.59. The van der Waals surface area contributed by atoms with Crippen LogP contribution in [0.25, 0.3) is 6.08 Å². The first-order chi connectivity index (χ1) is 8.01. The summed E-state index contributed by atoms with van der Waals surface area (Å²) in [5, 5.41) is 0. The average molecular weight is 244 g/mol. The number of benzene rings is 1. The lowest BCUT2D eigenvalue weighted by Crippen LogP contribution is -2.03. The highest BCUT2D eigenvalue weighted by Gasteiger charge is 2.24. The van der Waals surface area contributed by atoms with Crippen molar-refractivity contribution in [3.8, 4) is 5.75 Å². The van der Waals surface area contributed by atoms with E-state index in [1.807, 2.05) is 6.92 Å². The van der Waals surface area contributed by atoms with Gasteiger partial charge in [-0.1, -0.05) is 31.2 Å². The maximum atomic E-state index is 11.9. The summed E-state index contributed by atoms with van der Waals surface area (Å²) in [6, 6.07) is 7.02. The minimum atomic E-state index is -4.15. The lowest BCUT2D eigenvalue weighted by molar-refractivity contribution is -0.124. The second-order valence-corrected chi connectivity index (χ2v) is 3.64. The highest BCUT2D eigenvalue weighted by atomic mass is 19.4. The van der Waals surface area contributed by atoms with Crippen molar-refractivity contribution in [2.45, 2.75) is 25.9 Å². The van der Waals surface area contributed by atoms with Crippen LogP contribution in [-0.4, -0.2) is 12.8 Å². The molecule has 1 aromatic carbocycles. The third-order valence-electron chi connectivity index (χ3n) is 1.99. The maximum Gasteiger partial charge on any atom is 0.392 e. The monoisotopic (exact) mass is 244 g/mol. The summed E-state index contributed by atoms with van der Waals surface area (Å²) in [6.07, 6.45) is -1.60. The summed E-state index contributed by atoms with van der Waals surface area (Å²) in [5.41, 5.74) is 0.711. The molecule has 17 heavy (non-hydrogen) atoms. The molecule has 0 N–H and O–H groups in total. The zero-order valence-electron chi connectivity index (χ0n) is 9.63. The molecule has 0 unspecified atom stereocenters. The van der Waals surface area contributed by atoms with E-state index in [2.05, 4.69) is 0 Å². The predicted molar refractivity (Wildman–Crippen MR) is 61.9 cm³/mol. The fraction of sp³-hybridized carbons (Fsp3) is 0.385. The summed E-state index contributed by atoms with van der Waals surface area (Å²) in [7, 11) is 0. The first-order valence-electron chi connectivity index (χ1n) is 5.47. The molecule has 0 aromatic heterocycles. The van der Waals surface area contributed by atoms with Gasteiger partial charge in [-0.25, -0.2) is 0 Å². The third kappa shape index (κ3) is 6.00. The van der Waals surface area contributed by atoms with Gasteiger partial charge in [-0.15, -0.1) is 0 Å². The molecule has 0 atom stereocenters. The van der Waals surface area contributed by atoms with E-state index in [0.717, 1.165) is 12.5 Å². The fourth-order valence-corrected chi connectivity index (χ4v) is 1.26. The second kappa shape index (κ2) is 6.33. The second-order valence-electron chi connectivity index (χ2n) is 3.64. The maximum absolute atomic E-state index is 11.9. The van der Waals surface area contributed by atoms with E-state index in [9.17, 15) is 13.2 Å². The van der Waals surface area contributed by atoms with Crippen molar-refractivity contribution in [3.05, 3.63) is 35.9 Å². The van der Waals surface area contributed by atoms with Crippen molar-refractivity contribution in [1.29, 1.82) is 0 Å². The standard InChI is InChI=1S/C13H15F3O/c1-2-9-17-12-7-3-5-11(10-12)6-4-8-13(14,15)16/h3-7,10H,2,8-9H2,1H3. The van der Waals surface area contributed by atoms with Crippen molar-refractivity contribution in [3.63, 3.8) is 0 Å². The van der Waals surface area contributed by atoms with Crippen LogP contribution in [0.4, 0.5) is 13.2 Å². The van der Waals surface area contributed by atoms with Crippen molar-refractivity contribution >= 4 is 6.08 Å². The van der Waals surface area contributed by atoms with Crippen LogP contribution in [0.15, 0.2) is 30.3 Å². The SMILES string of the molecule is CCCOc1cccc(C=CCC(F)(F)F)c1. The van der Waals surface area contributed by atoms with Crippen molar-refractivity contribution in [2.24, 2.45) is 0 Å². The molecule has 0 saturated carbocycles. The number of alkyl halides is 3. The van der Waals surface area contributed by atoms with Gasteiger partial charge in [-0.05, 0) is 24.1 Å². The summed E-state index contributed by atoms with van der Waals surface area (Å²) in [5.74, 6) is 0.681. The smallest absolute Gasteiger partial charge is 0.392 e. The van der Waals surface area contributed by atoms with Gasteiger partial charge >= 0.3 is 6.18 Å². The Labute approximate surface area is 98.9 Å². The number of rotatable bonds is 5. The zero-order valence-corrected chi connectivity index (χ0v) is 9.63. The first kappa shape index (κ1) is 13.6. The van der Waals surface area contributed by atoms with Gasteiger partial charge < -0.3 is 4.74 Å². The van der Waals surface area contributed by atoms with E-state index in [-0.39, 0.29) is 0 Å². The molecule has 0 aliphatic rings. The van der Waals surface area contributed by atoms with Gasteiger partial charge in [0.2, 0.25) is 0 Å². The van der Waals surface area contributed by atoms with Crippen LogP contribution < -0.4 is 4.74 Å². The predicted octanol–water partition coefficient (Wildman–Crippen LogP) is 4.44. The summed E-state index contributed by atoms with van der Waals surface area (Å²) in [6.45, 7) is 2.60. The topological polar surface area (TPSA) is 9.23 Å². The zero-order chi connectivity index (χ0) is 12.7. The molecule has 0 saturated heterocycles. The van der Waals surface area contributed by atoms with Crippen LogP contribution >= 0.6 is 0 Å². The van der Waals surface area contributed by atoms with E-state index in [0.29, 0.717) is 17.9 Å². The molecule has 0 spiro atoms. The lowest BCUT2D eigenvalue weighted by atomic mass is 10.2. The molecule has 0 heterocycles. The molecule has 0 aliphatic heterocycles. The van der Waals surface area contributed by atoms with Gasteiger partial charge in [0.15, 0.2) is 0 Å². The largest absolute Gasteiger partial charge is 0.494 e. The van der Waals surface area contributed by atoms with Crippen LogP contribution in [0.5, 0.6) is 5.75 Å². The molecule has 0 bridgehead atoms. The molecule has 1 aromatic rings. The molecular weight excluding hydrogens is 229 g/mol. The van der Waals surface area contributed by atoms with Crippen LogP contribution in [0.1, 0.15) is 25.3 Å². The van der Waals surface area contributed by atoms with E-state index in [4.69, 9.17) is 4.74 Å². The van der Waals surface area contributed by atoms with Crippen LogP contribution in [0.2, 0.25) is 0 Å². The minimum absolute atomic E-state index is 0.607. The molecule has 1 nitrogen and oxygen atoms in total. The summed E-state index contributed by atoms with van der Waals surface area (Å²) in [4.78, 5) is 0. The number of ether oxygens (including phenoxy) is 1. The molecule has 0 fully saturated rings. The van der Waals surface area contributed by atoms with Crippen molar-refractivity contribution in [1.82, 2.24) is 0 Å². The Morgan fingerprint density at radius 3 is 2.71 bits per heavy atom. The first-order valence-corrected chi connectivity index (χ1v) is 5.47. The highest BCUT2D eigenvalue weighted by Crippen LogP contribution is 2.21. The summed E-state index contributed by atoms with van der Waals surface area (Å²) >= 11 is 0. The van der Waals surface area contributed by atoms with Crippen molar-refractivity contribution < 1.29 is 17.9 Å². The van der Waals surface area contributed by atoms with E-state index < -0.39 is 12.6 Å². The minimum Gasteiger partial charge on any atom is -0.494 e. The van der Waals surface area contributed by atoms with E-state index >= 15 is 0 Å². The van der Waals surface area contributed by atoms with Gasteiger partial charge in [0.05, 0.1) is 13.0 Å². The lowest BCUT2D eigenvalue weighted by Gasteiger charge is -2.05. The van der Waals surface area contributed by atoms with Gasteiger partial charge in [0.1, 0.15) is 5.75 Å². The highest BCUT2D eigenvalue weighted by molar-refractivity contribution is 5.51. The molecule has 4 heteroatoms. The Kier molecular flexibility index (Phi) is 5.07. The van der Waals surface area contributed by atoms with Crippen LogP contribution in [0, 0.1) is 0 Å². The van der Waals surface area contributed by atoms with E-state index in [1.165, 1.54) is 6.08 Å². The number of hydrogen-bond donors (Lipinski definition) is 0. The normalized spacial score (nSPS) is 12.0. The Morgan fingerprint density at radius 2 is 2.06 bits per heavy atom. The molecule has 94 valence electrons. The van der Waals surface area contributed by atoms with Crippen molar-refractivity contribution in [2.75, 3.05) is 6.61 Å². The number of allylic oxidation sites excluding steroid dienone is 1. The Hall–Kier alpha value is -1.45. The molecule has 0 aliphatic carbocycles. The molecule has 0 amide bonds. The average Bonchev–Trinajstić information content (AvgIpc) is 2.25. The number of hydrogen-bond acceptors (Lipinski definition) is 1. The van der Waals surface area contributed by atoms with Crippen LogP contribution in [-0.2, 0) is 0 Å². The fourth-order valence-electron chi connectivity index (χ4n) is 1.26.